The first kappa shape index (κ1) is 12.6. The van der Waals surface area contributed by atoms with Crippen molar-refractivity contribution in [3.8, 4) is 0 Å². The fourth-order valence-corrected chi connectivity index (χ4v) is 0.967. The molecule has 0 radical (unpaired) electrons. The smallest absolute Gasteiger partial charge is 0.358 e. The van der Waals surface area contributed by atoms with Crippen molar-refractivity contribution < 1.29 is 19.5 Å². The van der Waals surface area contributed by atoms with Crippen molar-refractivity contribution in [1.29, 1.82) is 0 Å². The zero-order valence-corrected chi connectivity index (χ0v) is 8.93. The quantitative estimate of drug-likeness (QED) is 0.634. The van der Waals surface area contributed by atoms with Gasteiger partial charge in [-0.15, -0.1) is 0 Å². The highest BCUT2D eigenvalue weighted by Gasteiger charge is 2.14. The van der Waals surface area contributed by atoms with Gasteiger partial charge >= 0.3 is 5.97 Å². The number of hydrogen-bond acceptors (Lipinski definition) is 5. The highest BCUT2D eigenvalue weighted by Crippen LogP contribution is 2.07. The zero-order valence-electron chi connectivity index (χ0n) is 8.93. The minimum atomic E-state index is -1.30. The highest BCUT2D eigenvalue weighted by atomic mass is 16.4. The lowest BCUT2D eigenvalue weighted by molar-refractivity contribution is -0.122. The van der Waals surface area contributed by atoms with Gasteiger partial charge in [-0.1, -0.05) is 0 Å². The predicted molar refractivity (Wildman–Crippen MR) is 56.3 cm³/mol. The minimum Gasteiger partial charge on any atom is -0.476 e. The average molecular weight is 238 g/mol. The van der Waals surface area contributed by atoms with Crippen LogP contribution in [0.1, 0.15) is 17.4 Å². The molecule has 0 aliphatic carbocycles. The number of nitrogens with one attached hydrogen (secondary N) is 2. The lowest BCUT2D eigenvalue weighted by Crippen LogP contribution is -2.31. The van der Waals surface area contributed by atoms with Crippen LogP contribution >= 0.6 is 0 Å². The molecular weight excluding hydrogens is 228 g/mol. The van der Waals surface area contributed by atoms with Gasteiger partial charge in [0.1, 0.15) is 0 Å². The molecule has 0 spiro atoms. The van der Waals surface area contributed by atoms with Crippen LogP contribution in [0.25, 0.3) is 0 Å². The van der Waals surface area contributed by atoms with Crippen LogP contribution in [0, 0.1) is 0 Å². The van der Waals surface area contributed by atoms with E-state index in [2.05, 4.69) is 20.6 Å². The van der Waals surface area contributed by atoms with E-state index >= 15 is 0 Å². The van der Waals surface area contributed by atoms with Crippen LogP contribution in [-0.2, 0) is 9.59 Å². The number of nitrogens with zero attached hydrogens (tertiary/aromatic N) is 2. The van der Waals surface area contributed by atoms with Crippen molar-refractivity contribution in [3.05, 3.63) is 18.1 Å². The van der Waals surface area contributed by atoms with Crippen molar-refractivity contribution >= 4 is 23.6 Å². The number of rotatable bonds is 4. The van der Waals surface area contributed by atoms with Crippen molar-refractivity contribution in [2.75, 3.05) is 11.9 Å². The van der Waals surface area contributed by atoms with Crippen LogP contribution in [0.4, 0.5) is 5.82 Å². The number of carbonyl (C=O) groups is 3. The molecule has 8 nitrogen and oxygen atoms in total. The first-order valence-corrected chi connectivity index (χ1v) is 4.59. The molecule has 90 valence electrons. The van der Waals surface area contributed by atoms with Crippen molar-refractivity contribution in [2.24, 2.45) is 0 Å². The van der Waals surface area contributed by atoms with E-state index in [1.54, 1.807) is 0 Å². The molecule has 1 aromatic rings. The van der Waals surface area contributed by atoms with Crippen LogP contribution < -0.4 is 10.6 Å². The molecule has 2 amide bonds. The van der Waals surface area contributed by atoms with Gasteiger partial charge in [-0.25, -0.2) is 14.8 Å². The van der Waals surface area contributed by atoms with E-state index in [1.165, 1.54) is 19.3 Å². The molecule has 0 unspecified atom stereocenters. The van der Waals surface area contributed by atoms with Crippen LogP contribution in [0.5, 0.6) is 0 Å². The summed E-state index contributed by atoms with van der Waals surface area (Å²) in [4.78, 5) is 39.9. The molecule has 0 saturated heterocycles. The summed E-state index contributed by atoms with van der Waals surface area (Å²) in [6, 6.07) is 0. The summed E-state index contributed by atoms with van der Waals surface area (Å²) in [5, 5.41) is 13.3. The second-order valence-corrected chi connectivity index (χ2v) is 3.02. The SMILES string of the molecule is CC(=O)NCC(=O)Nc1nccnc1C(=O)O. The molecule has 0 atom stereocenters. The Morgan fingerprint density at radius 2 is 1.94 bits per heavy atom. The maximum Gasteiger partial charge on any atom is 0.358 e. The van der Waals surface area contributed by atoms with E-state index in [-0.39, 0.29) is 24.0 Å². The number of anilines is 1. The first-order valence-electron chi connectivity index (χ1n) is 4.59. The molecule has 0 aliphatic heterocycles. The standard InChI is InChI=1S/C9H10N4O4/c1-5(14)12-4-6(15)13-8-7(9(16)17)10-2-3-11-8/h2-3H,4H2,1H3,(H,12,14)(H,16,17)(H,11,13,15). The van der Waals surface area contributed by atoms with Crippen LogP contribution in [0.15, 0.2) is 12.4 Å². The van der Waals surface area contributed by atoms with E-state index in [4.69, 9.17) is 5.11 Å². The van der Waals surface area contributed by atoms with Gasteiger partial charge in [-0.2, -0.15) is 0 Å². The molecule has 17 heavy (non-hydrogen) atoms. The topological polar surface area (TPSA) is 121 Å². The second-order valence-electron chi connectivity index (χ2n) is 3.02. The van der Waals surface area contributed by atoms with Gasteiger partial charge in [0.15, 0.2) is 11.5 Å². The molecule has 0 saturated carbocycles. The molecular formula is C9H10N4O4. The fourth-order valence-electron chi connectivity index (χ4n) is 0.967. The molecule has 1 aromatic heterocycles. The Balaban J connectivity index is 2.71. The molecule has 3 N–H and O–H groups in total. The van der Waals surface area contributed by atoms with Gasteiger partial charge in [0.05, 0.1) is 6.54 Å². The van der Waals surface area contributed by atoms with E-state index in [9.17, 15) is 14.4 Å². The average Bonchev–Trinajstić information content (AvgIpc) is 2.27. The molecule has 0 bridgehead atoms. The predicted octanol–water partition coefficient (Wildman–Crippen LogP) is -0.751. The molecule has 1 heterocycles. The lowest BCUT2D eigenvalue weighted by Gasteiger charge is -2.06. The normalized spacial score (nSPS) is 9.47. The maximum absolute atomic E-state index is 11.3. The number of hydrogen-bond donors (Lipinski definition) is 3. The molecule has 0 aromatic carbocycles. The first-order chi connectivity index (χ1) is 8.00. The van der Waals surface area contributed by atoms with Crippen molar-refractivity contribution in [1.82, 2.24) is 15.3 Å². The highest BCUT2D eigenvalue weighted by molar-refractivity contribution is 5.99. The molecule has 1 rings (SSSR count). The Morgan fingerprint density at radius 3 is 2.53 bits per heavy atom. The van der Waals surface area contributed by atoms with Crippen LogP contribution in [-0.4, -0.2) is 39.4 Å². The Bertz CT molecular complexity index is 460. The largest absolute Gasteiger partial charge is 0.476 e. The van der Waals surface area contributed by atoms with Gasteiger partial charge in [-0.05, 0) is 0 Å². The van der Waals surface area contributed by atoms with Gasteiger partial charge in [0.25, 0.3) is 0 Å². The minimum absolute atomic E-state index is 0.157. The summed E-state index contributed by atoms with van der Waals surface area (Å²) in [6.45, 7) is 1.00. The number of carboxylic acid groups (broad SMARTS) is 1. The summed E-state index contributed by atoms with van der Waals surface area (Å²) in [5.41, 5.74) is -0.358. The summed E-state index contributed by atoms with van der Waals surface area (Å²) in [7, 11) is 0. The van der Waals surface area contributed by atoms with E-state index in [1.807, 2.05) is 0 Å². The van der Waals surface area contributed by atoms with Crippen molar-refractivity contribution in [2.45, 2.75) is 6.92 Å². The van der Waals surface area contributed by atoms with Crippen LogP contribution in [0.3, 0.4) is 0 Å². The summed E-state index contributed by atoms with van der Waals surface area (Å²) < 4.78 is 0. The van der Waals surface area contributed by atoms with Crippen LogP contribution in [0.2, 0.25) is 0 Å². The number of aromatic carboxylic acids is 1. The number of aromatic nitrogens is 2. The second kappa shape index (κ2) is 5.54. The number of carbonyl (C=O) groups excluding carboxylic acids is 2. The molecule has 0 aliphatic rings. The monoisotopic (exact) mass is 238 g/mol. The summed E-state index contributed by atoms with van der Waals surface area (Å²) >= 11 is 0. The number of amides is 2. The zero-order chi connectivity index (χ0) is 12.8. The van der Waals surface area contributed by atoms with Gasteiger partial charge < -0.3 is 15.7 Å². The van der Waals surface area contributed by atoms with E-state index in [0.29, 0.717) is 0 Å². The Labute approximate surface area is 96.1 Å². The van der Waals surface area contributed by atoms with E-state index < -0.39 is 11.9 Å². The molecule has 0 fully saturated rings. The lowest BCUT2D eigenvalue weighted by atomic mass is 10.4. The number of carboxylic acids is 1. The van der Waals surface area contributed by atoms with Gasteiger partial charge in [0, 0.05) is 19.3 Å². The third-order valence-electron chi connectivity index (χ3n) is 1.66. The maximum atomic E-state index is 11.3. The fraction of sp³-hybridized carbons (Fsp3) is 0.222. The summed E-state index contributed by atoms with van der Waals surface area (Å²) in [5.74, 6) is -2.40. The van der Waals surface area contributed by atoms with Gasteiger partial charge in [0.2, 0.25) is 11.8 Å². The third kappa shape index (κ3) is 3.86. The third-order valence-corrected chi connectivity index (χ3v) is 1.66. The van der Waals surface area contributed by atoms with Gasteiger partial charge in [-0.3, -0.25) is 9.59 Å². The molecule has 8 heteroatoms. The summed E-state index contributed by atoms with van der Waals surface area (Å²) in [6.07, 6.45) is 2.45. The van der Waals surface area contributed by atoms with Crippen molar-refractivity contribution in [3.63, 3.8) is 0 Å². The van der Waals surface area contributed by atoms with E-state index in [0.717, 1.165) is 0 Å². The Morgan fingerprint density at radius 1 is 1.29 bits per heavy atom. The Hall–Kier alpha value is -2.51. The Kier molecular flexibility index (Phi) is 4.09.